The van der Waals surface area contributed by atoms with Gasteiger partial charge in [-0.15, -0.1) is 11.3 Å². The fraction of sp³-hybridized carbons (Fsp3) is 0.158. The lowest BCUT2D eigenvalue weighted by Gasteiger charge is -2.18. The maximum absolute atomic E-state index is 14.8. The van der Waals surface area contributed by atoms with Gasteiger partial charge in [-0.2, -0.15) is 8.78 Å². The van der Waals surface area contributed by atoms with Crippen molar-refractivity contribution >= 4 is 27.4 Å². The van der Waals surface area contributed by atoms with Crippen molar-refractivity contribution in [3.8, 4) is 10.4 Å². The van der Waals surface area contributed by atoms with Crippen LogP contribution >= 0.6 is 11.3 Å². The molecular weight excluding hydrogens is 346 g/mol. The predicted molar refractivity (Wildman–Crippen MR) is 94.1 cm³/mol. The molecule has 2 aromatic carbocycles. The number of carbonyl (C=O) groups excluding carboxylic acids is 1. The summed E-state index contributed by atoms with van der Waals surface area (Å²) in [6.07, 6.45) is 0. The molecule has 0 N–H and O–H groups in total. The van der Waals surface area contributed by atoms with Gasteiger partial charge in [-0.25, -0.2) is 4.79 Å². The molecule has 0 radical (unpaired) electrons. The Morgan fingerprint density at radius 1 is 1.08 bits per heavy atom. The summed E-state index contributed by atoms with van der Waals surface area (Å²) in [4.78, 5) is 24.7. The first-order chi connectivity index (χ1) is 12.0. The Morgan fingerprint density at radius 3 is 2.40 bits per heavy atom. The van der Waals surface area contributed by atoms with Crippen LogP contribution < -0.4 is 5.43 Å². The van der Waals surface area contributed by atoms with Crippen molar-refractivity contribution in [2.75, 3.05) is 6.61 Å². The highest BCUT2D eigenvalue weighted by atomic mass is 32.1. The van der Waals surface area contributed by atoms with E-state index in [1.165, 1.54) is 13.0 Å². The molecule has 3 aromatic rings. The van der Waals surface area contributed by atoms with E-state index in [2.05, 4.69) is 4.74 Å². The van der Waals surface area contributed by atoms with Crippen LogP contribution in [0.2, 0.25) is 0 Å². The lowest BCUT2D eigenvalue weighted by atomic mass is 10.0. The fourth-order valence-electron chi connectivity index (χ4n) is 2.54. The summed E-state index contributed by atoms with van der Waals surface area (Å²) in [6.45, 7) is 1.24. The molecule has 1 heterocycles. The van der Waals surface area contributed by atoms with Crippen molar-refractivity contribution in [1.29, 1.82) is 0 Å². The SMILES string of the molecule is CCOC(=O)C(F)(F)c1c(-c2ccccc2)sc2ccccc2c1=O. The van der Waals surface area contributed by atoms with E-state index in [4.69, 9.17) is 0 Å². The number of hydrogen-bond donors (Lipinski definition) is 0. The predicted octanol–water partition coefficient (Wildman–Crippen LogP) is 4.58. The third kappa shape index (κ3) is 3.05. The molecule has 25 heavy (non-hydrogen) atoms. The molecular formula is C19H14F2O3S. The Labute approximate surface area is 146 Å². The second kappa shape index (κ2) is 6.72. The summed E-state index contributed by atoms with van der Waals surface area (Å²) in [6, 6.07) is 14.9. The van der Waals surface area contributed by atoms with Crippen LogP contribution in [-0.2, 0) is 15.5 Å². The van der Waals surface area contributed by atoms with Gasteiger partial charge in [0.2, 0.25) is 0 Å². The van der Waals surface area contributed by atoms with Gasteiger partial charge < -0.3 is 4.74 Å². The summed E-state index contributed by atoms with van der Waals surface area (Å²) in [5.74, 6) is -5.74. The minimum atomic E-state index is -4.03. The summed E-state index contributed by atoms with van der Waals surface area (Å²) in [5, 5.41) is 0.158. The van der Waals surface area contributed by atoms with Crippen LogP contribution in [0.15, 0.2) is 59.4 Å². The molecule has 0 atom stereocenters. The molecule has 0 aliphatic heterocycles. The quantitative estimate of drug-likeness (QED) is 0.640. The lowest BCUT2D eigenvalue weighted by molar-refractivity contribution is -0.173. The molecule has 3 nitrogen and oxygen atoms in total. The van der Waals surface area contributed by atoms with Crippen molar-refractivity contribution in [3.63, 3.8) is 0 Å². The smallest absolute Gasteiger partial charge is 0.382 e. The second-order valence-corrected chi connectivity index (χ2v) is 6.34. The third-order valence-electron chi connectivity index (χ3n) is 3.68. The van der Waals surface area contributed by atoms with E-state index in [1.807, 2.05) is 0 Å². The van der Waals surface area contributed by atoms with Gasteiger partial charge in [-0.3, -0.25) is 4.79 Å². The van der Waals surface area contributed by atoms with E-state index >= 15 is 0 Å². The zero-order valence-corrected chi connectivity index (χ0v) is 14.1. The van der Waals surface area contributed by atoms with Crippen LogP contribution in [0.25, 0.3) is 20.5 Å². The van der Waals surface area contributed by atoms with Crippen molar-refractivity contribution in [2.24, 2.45) is 0 Å². The maximum Gasteiger partial charge on any atom is 0.382 e. The first-order valence-electron chi connectivity index (χ1n) is 7.63. The molecule has 0 amide bonds. The average Bonchev–Trinajstić information content (AvgIpc) is 2.62. The number of alkyl halides is 2. The maximum atomic E-state index is 14.8. The first kappa shape index (κ1) is 17.2. The van der Waals surface area contributed by atoms with Gasteiger partial charge >= 0.3 is 11.9 Å². The van der Waals surface area contributed by atoms with Gasteiger partial charge in [-0.05, 0) is 24.6 Å². The molecule has 0 aliphatic carbocycles. The van der Waals surface area contributed by atoms with Gasteiger partial charge in [0.15, 0.2) is 5.43 Å². The highest BCUT2D eigenvalue weighted by Crippen LogP contribution is 2.39. The normalized spacial score (nSPS) is 11.5. The molecule has 0 saturated heterocycles. The Hall–Kier alpha value is -2.60. The van der Waals surface area contributed by atoms with E-state index in [1.54, 1.807) is 48.5 Å². The van der Waals surface area contributed by atoms with Crippen molar-refractivity contribution < 1.29 is 18.3 Å². The van der Waals surface area contributed by atoms with Crippen molar-refractivity contribution in [3.05, 3.63) is 70.4 Å². The average molecular weight is 360 g/mol. The van der Waals surface area contributed by atoms with Crippen LogP contribution in [0.4, 0.5) is 8.78 Å². The number of ether oxygens (including phenoxy) is 1. The number of esters is 1. The van der Waals surface area contributed by atoms with Crippen LogP contribution in [0.1, 0.15) is 12.5 Å². The van der Waals surface area contributed by atoms with Crippen LogP contribution in [0.3, 0.4) is 0 Å². The highest BCUT2D eigenvalue weighted by molar-refractivity contribution is 7.21. The number of carbonyl (C=O) groups is 1. The molecule has 6 heteroatoms. The number of benzene rings is 2. The van der Waals surface area contributed by atoms with Crippen LogP contribution in [0.5, 0.6) is 0 Å². The van der Waals surface area contributed by atoms with Gasteiger partial charge in [0.1, 0.15) is 0 Å². The van der Waals surface area contributed by atoms with E-state index in [0.29, 0.717) is 10.3 Å². The van der Waals surface area contributed by atoms with Gasteiger partial charge in [-0.1, -0.05) is 42.5 Å². The number of halogens is 2. The topological polar surface area (TPSA) is 43.4 Å². The lowest BCUT2D eigenvalue weighted by Crippen LogP contribution is -2.34. The van der Waals surface area contributed by atoms with Crippen LogP contribution in [-0.4, -0.2) is 12.6 Å². The standard InChI is InChI=1S/C19H14F2O3S/c1-2-24-18(23)19(20,21)15-16(22)13-10-6-7-11-14(13)25-17(15)12-8-4-3-5-9-12/h3-11H,2H2,1H3. The number of fused-ring (bicyclic) bond motifs is 1. The number of hydrogen-bond acceptors (Lipinski definition) is 4. The molecule has 1 aromatic heterocycles. The fourth-order valence-corrected chi connectivity index (χ4v) is 3.76. The molecule has 0 spiro atoms. The molecule has 3 rings (SSSR count). The summed E-state index contributed by atoms with van der Waals surface area (Å²) in [7, 11) is 0. The molecule has 0 aliphatic rings. The molecule has 0 saturated carbocycles. The van der Waals surface area contributed by atoms with Crippen molar-refractivity contribution in [1.82, 2.24) is 0 Å². The van der Waals surface area contributed by atoms with Crippen LogP contribution in [0, 0.1) is 0 Å². The Kier molecular flexibility index (Phi) is 4.63. The van der Waals surface area contributed by atoms with E-state index in [-0.39, 0.29) is 16.9 Å². The minimum absolute atomic E-state index is 0.0716. The Morgan fingerprint density at radius 2 is 1.72 bits per heavy atom. The van der Waals surface area contributed by atoms with Crippen molar-refractivity contribution in [2.45, 2.75) is 12.8 Å². The minimum Gasteiger partial charge on any atom is -0.461 e. The number of rotatable bonds is 4. The van der Waals surface area contributed by atoms with E-state index in [0.717, 1.165) is 11.3 Å². The second-order valence-electron chi connectivity index (χ2n) is 5.29. The molecule has 0 bridgehead atoms. The largest absolute Gasteiger partial charge is 0.461 e. The van der Waals surface area contributed by atoms with E-state index in [9.17, 15) is 18.4 Å². The summed E-state index contributed by atoms with van der Waals surface area (Å²) in [5.41, 5.74) is -1.23. The first-order valence-corrected chi connectivity index (χ1v) is 8.45. The van der Waals surface area contributed by atoms with Gasteiger partial charge in [0.25, 0.3) is 0 Å². The molecule has 128 valence electrons. The monoisotopic (exact) mass is 360 g/mol. The highest BCUT2D eigenvalue weighted by Gasteiger charge is 2.47. The van der Waals surface area contributed by atoms with Gasteiger partial charge in [0.05, 0.1) is 12.2 Å². The zero-order valence-electron chi connectivity index (χ0n) is 13.3. The van der Waals surface area contributed by atoms with E-state index < -0.39 is 22.9 Å². The molecule has 0 unspecified atom stereocenters. The summed E-state index contributed by atoms with van der Waals surface area (Å²) >= 11 is 1.06. The van der Waals surface area contributed by atoms with Gasteiger partial charge in [0, 0.05) is 15.0 Å². The zero-order chi connectivity index (χ0) is 18.0. The Balaban J connectivity index is 2.38. The third-order valence-corrected chi connectivity index (χ3v) is 4.90. The summed E-state index contributed by atoms with van der Waals surface area (Å²) < 4.78 is 34.7. The molecule has 0 fully saturated rings. The Bertz CT molecular complexity index is 981.